The zero-order chi connectivity index (χ0) is 10.8. The minimum atomic E-state index is 0.450. The van der Waals surface area contributed by atoms with E-state index in [0.717, 1.165) is 16.9 Å². The van der Waals surface area contributed by atoms with Crippen molar-refractivity contribution < 1.29 is 0 Å². The molecule has 0 spiro atoms. The molecule has 1 aromatic carbocycles. The average Bonchev–Trinajstić information content (AvgIpc) is 2.65. The summed E-state index contributed by atoms with van der Waals surface area (Å²) in [5.41, 5.74) is 2.92. The molecule has 0 aliphatic heterocycles. The SMILES string of the molecule is Cc1ccn(-c2cc(Cl)ccc2CCl)n1. The zero-order valence-corrected chi connectivity index (χ0v) is 9.76. The van der Waals surface area contributed by atoms with E-state index in [0.29, 0.717) is 10.9 Å². The summed E-state index contributed by atoms with van der Waals surface area (Å²) in [7, 11) is 0. The fraction of sp³-hybridized carbons (Fsp3) is 0.182. The van der Waals surface area contributed by atoms with Gasteiger partial charge in [0.15, 0.2) is 0 Å². The van der Waals surface area contributed by atoms with Crippen LogP contribution in [-0.2, 0) is 5.88 Å². The Morgan fingerprint density at radius 3 is 2.73 bits per heavy atom. The number of rotatable bonds is 2. The van der Waals surface area contributed by atoms with Crippen LogP contribution in [0.1, 0.15) is 11.3 Å². The lowest BCUT2D eigenvalue weighted by molar-refractivity contribution is 0.854. The number of hydrogen-bond donors (Lipinski definition) is 0. The van der Waals surface area contributed by atoms with Crippen molar-refractivity contribution >= 4 is 23.2 Å². The summed E-state index contributed by atoms with van der Waals surface area (Å²) in [6.07, 6.45) is 1.90. The van der Waals surface area contributed by atoms with Crippen molar-refractivity contribution in [3.63, 3.8) is 0 Å². The summed E-state index contributed by atoms with van der Waals surface area (Å²) in [5.74, 6) is 0.450. The first kappa shape index (κ1) is 10.5. The molecular weight excluding hydrogens is 231 g/mol. The highest BCUT2D eigenvalue weighted by molar-refractivity contribution is 6.30. The molecule has 0 saturated carbocycles. The van der Waals surface area contributed by atoms with Crippen molar-refractivity contribution in [2.45, 2.75) is 12.8 Å². The van der Waals surface area contributed by atoms with Gasteiger partial charge in [-0.3, -0.25) is 0 Å². The fourth-order valence-electron chi connectivity index (χ4n) is 1.41. The quantitative estimate of drug-likeness (QED) is 0.735. The van der Waals surface area contributed by atoms with Crippen molar-refractivity contribution in [1.82, 2.24) is 9.78 Å². The Hall–Kier alpha value is -0.990. The van der Waals surface area contributed by atoms with Crippen molar-refractivity contribution in [2.75, 3.05) is 0 Å². The Balaban J connectivity index is 2.55. The Morgan fingerprint density at radius 1 is 1.33 bits per heavy atom. The van der Waals surface area contributed by atoms with Gasteiger partial charge < -0.3 is 0 Å². The molecule has 0 saturated heterocycles. The van der Waals surface area contributed by atoms with Gasteiger partial charge in [-0.05, 0) is 30.7 Å². The van der Waals surface area contributed by atoms with Gasteiger partial charge in [-0.1, -0.05) is 17.7 Å². The summed E-state index contributed by atoms with van der Waals surface area (Å²) in [4.78, 5) is 0. The third-order valence-corrected chi connectivity index (χ3v) is 2.68. The van der Waals surface area contributed by atoms with Gasteiger partial charge in [-0.25, -0.2) is 4.68 Å². The molecule has 2 rings (SSSR count). The van der Waals surface area contributed by atoms with Crippen LogP contribution in [0.25, 0.3) is 5.69 Å². The maximum Gasteiger partial charge on any atom is 0.0704 e. The van der Waals surface area contributed by atoms with Gasteiger partial charge in [0.05, 0.1) is 11.4 Å². The summed E-state index contributed by atoms with van der Waals surface area (Å²) in [6.45, 7) is 1.95. The molecule has 0 aliphatic carbocycles. The second-order valence-electron chi connectivity index (χ2n) is 3.31. The molecule has 2 nitrogen and oxygen atoms in total. The van der Waals surface area contributed by atoms with Crippen molar-refractivity contribution in [2.24, 2.45) is 0 Å². The van der Waals surface area contributed by atoms with Crippen LogP contribution in [0.2, 0.25) is 5.02 Å². The molecule has 0 bridgehead atoms. The van der Waals surface area contributed by atoms with Crippen LogP contribution < -0.4 is 0 Å². The molecule has 0 unspecified atom stereocenters. The Bertz CT molecular complexity index is 477. The molecule has 0 radical (unpaired) electrons. The number of benzene rings is 1. The van der Waals surface area contributed by atoms with Crippen LogP contribution >= 0.6 is 23.2 Å². The van der Waals surface area contributed by atoms with Crippen LogP contribution in [0.3, 0.4) is 0 Å². The largest absolute Gasteiger partial charge is 0.240 e. The molecule has 0 fully saturated rings. The first-order chi connectivity index (χ1) is 7.20. The number of aromatic nitrogens is 2. The van der Waals surface area contributed by atoms with Crippen molar-refractivity contribution in [3.8, 4) is 5.69 Å². The summed E-state index contributed by atoms with van der Waals surface area (Å²) >= 11 is 11.8. The summed E-state index contributed by atoms with van der Waals surface area (Å²) in [5, 5.41) is 5.02. The summed E-state index contributed by atoms with van der Waals surface area (Å²) in [6, 6.07) is 7.56. The number of halogens is 2. The Morgan fingerprint density at radius 2 is 2.13 bits per heavy atom. The fourth-order valence-corrected chi connectivity index (χ4v) is 1.80. The number of alkyl halides is 1. The molecular formula is C11H10Cl2N2. The highest BCUT2D eigenvalue weighted by Crippen LogP contribution is 2.21. The monoisotopic (exact) mass is 240 g/mol. The van der Waals surface area contributed by atoms with E-state index >= 15 is 0 Å². The number of aryl methyl sites for hydroxylation is 1. The van der Waals surface area contributed by atoms with Crippen LogP contribution in [0, 0.1) is 6.92 Å². The predicted octanol–water partition coefficient (Wildman–Crippen LogP) is 3.57. The zero-order valence-electron chi connectivity index (χ0n) is 8.24. The molecule has 4 heteroatoms. The van der Waals surface area contributed by atoms with Gasteiger partial charge in [0.1, 0.15) is 0 Å². The molecule has 0 N–H and O–H groups in total. The van der Waals surface area contributed by atoms with Crippen molar-refractivity contribution in [3.05, 3.63) is 46.7 Å². The normalized spacial score (nSPS) is 10.6. The van der Waals surface area contributed by atoms with E-state index < -0.39 is 0 Å². The van der Waals surface area contributed by atoms with E-state index in [1.807, 2.05) is 37.4 Å². The van der Waals surface area contributed by atoms with Crippen LogP contribution in [0.15, 0.2) is 30.5 Å². The molecule has 0 amide bonds. The average molecular weight is 241 g/mol. The van der Waals surface area contributed by atoms with Gasteiger partial charge in [0.2, 0.25) is 0 Å². The van der Waals surface area contributed by atoms with E-state index in [1.165, 1.54) is 0 Å². The number of nitrogens with zero attached hydrogens (tertiary/aromatic N) is 2. The van der Waals surface area contributed by atoms with Gasteiger partial charge in [0, 0.05) is 17.1 Å². The van der Waals surface area contributed by atoms with Gasteiger partial charge in [0.25, 0.3) is 0 Å². The second-order valence-corrected chi connectivity index (χ2v) is 4.01. The Labute approximate surface area is 98.4 Å². The van der Waals surface area contributed by atoms with Gasteiger partial charge in [-0.2, -0.15) is 5.10 Å². The summed E-state index contributed by atoms with van der Waals surface area (Å²) < 4.78 is 1.79. The van der Waals surface area contributed by atoms with Crippen molar-refractivity contribution in [1.29, 1.82) is 0 Å². The predicted molar refractivity (Wildman–Crippen MR) is 62.9 cm³/mol. The molecule has 1 aromatic heterocycles. The lowest BCUT2D eigenvalue weighted by Gasteiger charge is -2.07. The molecule has 0 aliphatic rings. The topological polar surface area (TPSA) is 17.8 Å². The third-order valence-electron chi connectivity index (χ3n) is 2.16. The minimum Gasteiger partial charge on any atom is -0.240 e. The van der Waals surface area contributed by atoms with E-state index in [-0.39, 0.29) is 0 Å². The Kier molecular flexibility index (Phi) is 2.98. The van der Waals surface area contributed by atoms with Crippen LogP contribution in [0.4, 0.5) is 0 Å². The van der Waals surface area contributed by atoms with E-state index in [9.17, 15) is 0 Å². The van der Waals surface area contributed by atoms with Gasteiger partial charge >= 0.3 is 0 Å². The van der Waals surface area contributed by atoms with E-state index in [1.54, 1.807) is 4.68 Å². The van der Waals surface area contributed by atoms with Crippen LogP contribution in [-0.4, -0.2) is 9.78 Å². The highest BCUT2D eigenvalue weighted by atomic mass is 35.5. The minimum absolute atomic E-state index is 0.450. The smallest absolute Gasteiger partial charge is 0.0704 e. The highest BCUT2D eigenvalue weighted by Gasteiger charge is 2.05. The van der Waals surface area contributed by atoms with Gasteiger partial charge in [-0.15, -0.1) is 11.6 Å². The van der Waals surface area contributed by atoms with E-state index in [2.05, 4.69) is 5.10 Å². The molecule has 2 aromatic rings. The van der Waals surface area contributed by atoms with E-state index in [4.69, 9.17) is 23.2 Å². The molecule has 0 atom stereocenters. The standard InChI is InChI=1S/C11H10Cl2N2/c1-8-4-5-15(14-8)11-6-10(13)3-2-9(11)7-12/h2-6H,7H2,1H3. The first-order valence-electron chi connectivity index (χ1n) is 4.58. The molecule has 1 heterocycles. The maximum absolute atomic E-state index is 5.95. The van der Waals surface area contributed by atoms with Crippen LogP contribution in [0.5, 0.6) is 0 Å². The third kappa shape index (κ3) is 2.16. The lowest BCUT2D eigenvalue weighted by Crippen LogP contribution is -1.99. The maximum atomic E-state index is 5.95. The lowest BCUT2D eigenvalue weighted by atomic mass is 10.2. The molecule has 78 valence electrons. The molecule has 15 heavy (non-hydrogen) atoms. The first-order valence-corrected chi connectivity index (χ1v) is 5.49. The second kappa shape index (κ2) is 4.25. The number of hydrogen-bond acceptors (Lipinski definition) is 1.